The molecule has 5 nitrogen and oxygen atoms in total. The van der Waals surface area contributed by atoms with Gasteiger partial charge in [-0.05, 0) is 50.2 Å². The van der Waals surface area contributed by atoms with E-state index in [1.54, 1.807) is 14.2 Å². The molecule has 0 radical (unpaired) electrons. The maximum absolute atomic E-state index is 10.3. The van der Waals surface area contributed by atoms with E-state index in [-0.39, 0.29) is 5.56 Å². The molecule has 0 saturated heterocycles. The predicted octanol–water partition coefficient (Wildman–Crippen LogP) is 3.30. The van der Waals surface area contributed by atoms with Crippen molar-refractivity contribution in [1.29, 1.82) is 0 Å². The molecular formula is C16H21NO4S. The fraction of sp³-hybridized carbons (Fsp3) is 0.312. The van der Waals surface area contributed by atoms with Crippen LogP contribution in [0.3, 0.4) is 0 Å². The zero-order chi connectivity index (χ0) is 16.7. The molecule has 0 aliphatic heterocycles. The third-order valence-electron chi connectivity index (χ3n) is 2.95. The van der Waals surface area contributed by atoms with Crippen molar-refractivity contribution in [2.45, 2.75) is 25.3 Å². The van der Waals surface area contributed by atoms with Crippen molar-refractivity contribution in [2.24, 2.45) is 0 Å². The van der Waals surface area contributed by atoms with E-state index in [9.17, 15) is 4.79 Å². The van der Waals surface area contributed by atoms with Crippen molar-refractivity contribution in [3.05, 3.63) is 46.9 Å². The third kappa shape index (κ3) is 5.13. The number of rotatable bonds is 4. The fourth-order valence-electron chi connectivity index (χ4n) is 1.79. The average Bonchev–Trinajstić information content (AvgIpc) is 2.94. The molecule has 0 bridgehead atoms. The summed E-state index contributed by atoms with van der Waals surface area (Å²) in [6.45, 7) is 4.60. The number of carboxylic acid groups (broad SMARTS) is 1. The van der Waals surface area contributed by atoms with Crippen molar-refractivity contribution in [1.82, 2.24) is 5.32 Å². The molecule has 0 aliphatic carbocycles. The number of thiol groups is 1. The molecule has 0 amide bonds. The Labute approximate surface area is 135 Å². The first kappa shape index (κ1) is 18.1. The highest BCUT2D eigenvalue weighted by Crippen LogP contribution is 2.23. The number of hydrogen-bond donors (Lipinski definition) is 3. The van der Waals surface area contributed by atoms with E-state index in [1.807, 2.05) is 26.0 Å². The average molecular weight is 323 g/mol. The van der Waals surface area contributed by atoms with Gasteiger partial charge in [-0.3, -0.25) is 0 Å². The number of furan rings is 1. The second kappa shape index (κ2) is 8.51. The molecule has 0 saturated carbocycles. The van der Waals surface area contributed by atoms with Gasteiger partial charge in [0, 0.05) is 4.90 Å². The van der Waals surface area contributed by atoms with Crippen molar-refractivity contribution in [2.75, 3.05) is 14.2 Å². The highest BCUT2D eigenvalue weighted by atomic mass is 32.1. The molecule has 2 rings (SSSR count). The van der Waals surface area contributed by atoms with E-state index >= 15 is 0 Å². The first-order valence-electron chi connectivity index (χ1n) is 6.68. The zero-order valence-corrected chi connectivity index (χ0v) is 14.0. The van der Waals surface area contributed by atoms with Crippen LogP contribution in [-0.4, -0.2) is 25.2 Å². The molecule has 2 N–H and O–H groups in total. The summed E-state index contributed by atoms with van der Waals surface area (Å²) in [4.78, 5) is 11.4. The predicted molar refractivity (Wildman–Crippen MR) is 88.2 cm³/mol. The van der Waals surface area contributed by atoms with Gasteiger partial charge in [0.15, 0.2) is 0 Å². The maximum atomic E-state index is 10.3. The Morgan fingerprint density at radius 1 is 1.32 bits per heavy atom. The fourth-order valence-corrected chi connectivity index (χ4v) is 1.92. The summed E-state index contributed by atoms with van der Waals surface area (Å²) in [7, 11) is 3.44. The molecule has 1 aromatic heterocycles. The van der Waals surface area contributed by atoms with E-state index in [1.165, 1.54) is 12.3 Å². The van der Waals surface area contributed by atoms with Gasteiger partial charge in [0.05, 0.1) is 19.2 Å². The monoisotopic (exact) mass is 323 g/mol. The summed E-state index contributed by atoms with van der Waals surface area (Å²) >= 11 is 4.34. The molecule has 0 spiro atoms. The van der Waals surface area contributed by atoms with Crippen LogP contribution in [0, 0.1) is 13.8 Å². The molecular weight excluding hydrogens is 302 g/mol. The lowest BCUT2D eigenvalue weighted by atomic mass is 10.1. The maximum Gasteiger partial charge on any atom is 0.338 e. The van der Waals surface area contributed by atoms with Gasteiger partial charge in [-0.1, -0.05) is 0 Å². The third-order valence-corrected chi connectivity index (χ3v) is 3.66. The van der Waals surface area contributed by atoms with Gasteiger partial charge in [0.25, 0.3) is 0 Å². The summed E-state index contributed by atoms with van der Waals surface area (Å²) in [6, 6.07) is 5.46. The second-order valence-electron chi connectivity index (χ2n) is 4.75. The lowest BCUT2D eigenvalue weighted by Gasteiger charge is -2.06. The van der Waals surface area contributed by atoms with Gasteiger partial charge in [0.2, 0.25) is 0 Å². The van der Waals surface area contributed by atoms with Crippen molar-refractivity contribution in [3.63, 3.8) is 0 Å². The van der Waals surface area contributed by atoms with Gasteiger partial charge in [-0.25, -0.2) is 4.79 Å². The Kier molecular flexibility index (Phi) is 7.01. The van der Waals surface area contributed by atoms with Crippen LogP contribution in [0.15, 0.2) is 33.8 Å². The minimum atomic E-state index is -0.962. The van der Waals surface area contributed by atoms with E-state index < -0.39 is 5.97 Å². The lowest BCUT2D eigenvalue weighted by molar-refractivity contribution is 0.0696. The van der Waals surface area contributed by atoms with Gasteiger partial charge < -0.3 is 19.6 Å². The molecule has 0 unspecified atom stereocenters. The normalized spacial score (nSPS) is 9.86. The number of benzene rings is 1. The molecule has 1 heterocycles. The number of nitrogens with one attached hydrogen (secondary N) is 1. The van der Waals surface area contributed by atoms with E-state index in [0.717, 1.165) is 21.8 Å². The molecule has 6 heteroatoms. The molecule has 120 valence electrons. The highest BCUT2D eigenvalue weighted by molar-refractivity contribution is 7.80. The van der Waals surface area contributed by atoms with E-state index in [4.69, 9.17) is 14.3 Å². The second-order valence-corrected chi connectivity index (χ2v) is 5.19. The highest BCUT2D eigenvalue weighted by Gasteiger charge is 2.06. The molecule has 0 atom stereocenters. The SMILES string of the molecule is CNCc1cc(C(=O)O)co1.COc1cc(C)c(S)c(C)c1. The Morgan fingerprint density at radius 3 is 2.32 bits per heavy atom. The zero-order valence-electron chi connectivity index (χ0n) is 13.1. The number of methoxy groups -OCH3 is 1. The smallest absolute Gasteiger partial charge is 0.338 e. The lowest BCUT2D eigenvalue weighted by Crippen LogP contribution is -2.03. The van der Waals surface area contributed by atoms with Crippen LogP contribution in [0.1, 0.15) is 27.2 Å². The standard InChI is InChI=1S/C9H12OS.C7H9NO3/c1-6-4-8(10-3)5-7(2)9(6)11;1-8-3-6-2-5(4-11-6)7(9)10/h4-5,11H,1-3H3;2,4,8H,3H2,1H3,(H,9,10). The van der Waals surface area contributed by atoms with Gasteiger partial charge in [-0.2, -0.15) is 0 Å². The molecule has 22 heavy (non-hydrogen) atoms. The van der Waals surface area contributed by atoms with Crippen LogP contribution in [0.2, 0.25) is 0 Å². The van der Waals surface area contributed by atoms with Crippen LogP contribution in [0.25, 0.3) is 0 Å². The van der Waals surface area contributed by atoms with E-state index in [0.29, 0.717) is 12.3 Å². The Hall–Kier alpha value is -1.92. The topological polar surface area (TPSA) is 71.7 Å². The molecule has 2 aromatic rings. The largest absolute Gasteiger partial charge is 0.497 e. The molecule has 0 aliphatic rings. The van der Waals surface area contributed by atoms with Crippen LogP contribution in [0.4, 0.5) is 0 Å². The number of carbonyl (C=O) groups is 1. The Morgan fingerprint density at radius 2 is 1.91 bits per heavy atom. The number of ether oxygens (including phenoxy) is 1. The first-order valence-corrected chi connectivity index (χ1v) is 7.13. The van der Waals surface area contributed by atoms with Gasteiger partial charge in [0.1, 0.15) is 17.8 Å². The summed E-state index contributed by atoms with van der Waals surface area (Å²) in [5.74, 6) is 0.568. The summed E-state index contributed by atoms with van der Waals surface area (Å²) in [5.41, 5.74) is 2.51. The van der Waals surface area contributed by atoms with Crippen LogP contribution in [-0.2, 0) is 6.54 Å². The number of hydrogen-bond acceptors (Lipinski definition) is 5. The number of aromatic carboxylic acids is 1. The van der Waals surface area contributed by atoms with Crippen LogP contribution < -0.4 is 10.1 Å². The quantitative estimate of drug-likeness (QED) is 0.753. The molecule has 1 aromatic carbocycles. The number of carboxylic acids is 1. The van der Waals surface area contributed by atoms with Crippen molar-refractivity contribution in [3.8, 4) is 5.75 Å². The van der Waals surface area contributed by atoms with Crippen LogP contribution >= 0.6 is 12.6 Å². The van der Waals surface area contributed by atoms with Crippen molar-refractivity contribution < 1.29 is 19.1 Å². The number of aryl methyl sites for hydroxylation is 2. The summed E-state index contributed by atoms with van der Waals surface area (Å²) in [6.07, 6.45) is 1.23. The minimum absolute atomic E-state index is 0.190. The van der Waals surface area contributed by atoms with Crippen molar-refractivity contribution >= 4 is 18.6 Å². The van der Waals surface area contributed by atoms with Gasteiger partial charge >= 0.3 is 5.97 Å². The summed E-state index contributed by atoms with van der Waals surface area (Å²) in [5, 5.41) is 11.3. The Bertz CT molecular complexity index is 614. The minimum Gasteiger partial charge on any atom is -0.497 e. The summed E-state index contributed by atoms with van der Waals surface area (Å²) < 4.78 is 10.0. The van der Waals surface area contributed by atoms with Crippen LogP contribution in [0.5, 0.6) is 5.75 Å². The van der Waals surface area contributed by atoms with Gasteiger partial charge in [-0.15, -0.1) is 12.6 Å². The molecule has 0 fully saturated rings. The first-order chi connectivity index (χ1) is 10.4. The Balaban J connectivity index is 0.000000220. The van der Waals surface area contributed by atoms with E-state index in [2.05, 4.69) is 17.9 Å².